The van der Waals surface area contributed by atoms with Crippen LogP contribution in [0.1, 0.15) is 11.1 Å². The van der Waals surface area contributed by atoms with E-state index in [1.54, 1.807) is 18.2 Å². The molecule has 0 spiro atoms. The van der Waals surface area contributed by atoms with Gasteiger partial charge in [0.2, 0.25) is 0 Å². The van der Waals surface area contributed by atoms with E-state index in [0.29, 0.717) is 23.4 Å². The number of hydrogen-bond acceptors (Lipinski definition) is 1. The fraction of sp³-hybridized carbons (Fsp3) is 0.200. The van der Waals surface area contributed by atoms with Crippen molar-refractivity contribution >= 4 is 11.6 Å². The first-order chi connectivity index (χ1) is 9.04. The minimum absolute atomic E-state index is 0.238. The third kappa shape index (κ3) is 4.01. The summed E-state index contributed by atoms with van der Waals surface area (Å²) in [4.78, 5) is 0. The number of nitrogens with two attached hydrogens (primary N) is 1. The molecule has 0 aliphatic carbocycles. The Kier molecular flexibility index (Phi) is 4.51. The SMILES string of the molecule is NC(Cc1ccc(F)cc1)Cc1cc(Cl)ccc1F. The third-order valence-electron chi connectivity index (χ3n) is 2.90. The van der Waals surface area contributed by atoms with E-state index in [4.69, 9.17) is 17.3 Å². The van der Waals surface area contributed by atoms with E-state index in [0.717, 1.165) is 5.56 Å². The second-order valence-corrected chi connectivity index (χ2v) is 4.97. The van der Waals surface area contributed by atoms with Crippen molar-refractivity contribution in [1.82, 2.24) is 0 Å². The lowest BCUT2D eigenvalue weighted by Crippen LogP contribution is -2.26. The van der Waals surface area contributed by atoms with Crippen LogP contribution in [0.2, 0.25) is 5.02 Å². The molecule has 0 saturated heterocycles. The van der Waals surface area contributed by atoms with Gasteiger partial charge in [-0.05, 0) is 54.3 Å². The average molecular weight is 282 g/mol. The molecule has 0 aliphatic heterocycles. The highest BCUT2D eigenvalue weighted by Gasteiger charge is 2.10. The van der Waals surface area contributed by atoms with Gasteiger partial charge in [-0.3, -0.25) is 0 Å². The molecule has 0 saturated carbocycles. The van der Waals surface area contributed by atoms with E-state index in [2.05, 4.69) is 0 Å². The molecule has 19 heavy (non-hydrogen) atoms. The minimum atomic E-state index is -0.307. The summed E-state index contributed by atoms with van der Waals surface area (Å²) in [6.45, 7) is 0. The molecule has 0 aromatic heterocycles. The molecule has 0 bridgehead atoms. The summed E-state index contributed by atoms with van der Waals surface area (Å²) < 4.78 is 26.3. The van der Waals surface area contributed by atoms with Crippen molar-refractivity contribution in [3.8, 4) is 0 Å². The minimum Gasteiger partial charge on any atom is -0.327 e. The van der Waals surface area contributed by atoms with E-state index in [9.17, 15) is 8.78 Å². The van der Waals surface area contributed by atoms with E-state index in [-0.39, 0.29) is 17.7 Å². The zero-order valence-electron chi connectivity index (χ0n) is 10.2. The van der Waals surface area contributed by atoms with Crippen LogP contribution >= 0.6 is 11.6 Å². The predicted molar refractivity (Wildman–Crippen MR) is 73.2 cm³/mol. The van der Waals surface area contributed by atoms with Crippen molar-refractivity contribution in [2.45, 2.75) is 18.9 Å². The molecule has 1 nitrogen and oxygen atoms in total. The third-order valence-corrected chi connectivity index (χ3v) is 3.14. The van der Waals surface area contributed by atoms with Gasteiger partial charge in [0.25, 0.3) is 0 Å². The first-order valence-electron chi connectivity index (χ1n) is 5.98. The molecule has 1 unspecified atom stereocenters. The Morgan fingerprint density at radius 2 is 1.68 bits per heavy atom. The lowest BCUT2D eigenvalue weighted by Gasteiger charge is -2.12. The van der Waals surface area contributed by atoms with Crippen LogP contribution in [0.5, 0.6) is 0 Å². The fourth-order valence-electron chi connectivity index (χ4n) is 1.98. The van der Waals surface area contributed by atoms with Gasteiger partial charge in [-0.1, -0.05) is 23.7 Å². The van der Waals surface area contributed by atoms with E-state index in [1.165, 1.54) is 24.3 Å². The van der Waals surface area contributed by atoms with Crippen molar-refractivity contribution in [2.24, 2.45) is 5.73 Å². The maximum atomic E-state index is 13.6. The van der Waals surface area contributed by atoms with Crippen molar-refractivity contribution in [3.05, 3.63) is 70.2 Å². The molecule has 2 N–H and O–H groups in total. The van der Waals surface area contributed by atoms with Crippen LogP contribution in [0.15, 0.2) is 42.5 Å². The normalized spacial score (nSPS) is 12.4. The van der Waals surface area contributed by atoms with Crippen LogP contribution in [0.3, 0.4) is 0 Å². The molecule has 0 amide bonds. The summed E-state index contributed by atoms with van der Waals surface area (Å²) in [6.07, 6.45) is 0.954. The van der Waals surface area contributed by atoms with Gasteiger partial charge in [-0.2, -0.15) is 0 Å². The van der Waals surface area contributed by atoms with Gasteiger partial charge in [-0.25, -0.2) is 8.78 Å². The number of rotatable bonds is 4. The van der Waals surface area contributed by atoms with E-state index >= 15 is 0 Å². The smallest absolute Gasteiger partial charge is 0.126 e. The highest BCUT2D eigenvalue weighted by atomic mass is 35.5. The molecule has 1 atom stereocenters. The van der Waals surface area contributed by atoms with Crippen LogP contribution in [0.25, 0.3) is 0 Å². The van der Waals surface area contributed by atoms with Crippen LogP contribution in [0.4, 0.5) is 8.78 Å². The lowest BCUT2D eigenvalue weighted by molar-refractivity contribution is 0.583. The molecule has 2 aromatic rings. The standard InChI is InChI=1S/C15H14ClF2N/c16-12-3-6-15(18)11(8-12)9-14(19)7-10-1-4-13(17)5-2-10/h1-6,8,14H,7,9,19H2. The maximum Gasteiger partial charge on any atom is 0.126 e. The van der Waals surface area contributed by atoms with Gasteiger partial charge in [0.05, 0.1) is 0 Å². The van der Waals surface area contributed by atoms with Gasteiger partial charge < -0.3 is 5.73 Å². The van der Waals surface area contributed by atoms with E-state index < -0.39 is 0 Å². The number of hydrogen-bond donors (Lipinski definition) is 1. The predicted octanol–water partition coefficient (Wildman–Crippen LogP) is 3.73. The van der Waals surface area contributed by atoms with Crippen molar-refractivity contribution in [2.75, 3.05) is 0 Å². The van der Waals surface area contributed by atoms with Crippen LogP contribution in [-0.2, 0) is 12.8 Å². The summed E-state index contributed by atoms with van der Waals surface area (Å²) in [5.74, 6) is -0.586. The molecule has 0 radical (unpaired) electrons. The van der Waals surface area contributed by atoms with E-state index in [1.807, 2.05) is 0 Å². The fourth-order valence-corrected chi connectivity index (χ4v) is 2.17. The Labute approximate surface area is 116 Å². The van der Waals surface area contributed by atoms with Crippen LogP contribution in [0, 0.1) is 11.6 Å². The molecular formula is C15H14ClF2N. The second-order valence-electron chi connectivity index (χ2n) is 4.53. The Bertz CT molecular complexity index is 555. The molecule has 100 valence electrons. The molecule has 2 rings (SSSR count). The maximum absolute atomic E-state index is 13.6. The number of halogens is 3. The van der Waals surface area contributed by atoms with Crippen molar-refractivity contribution < 1.29 is 8.78 Å². The van der Waals surface area contributed by atoms with Crippen LogP contribution < -0.4 is 5.73 Å². The summed E-state index contributed by atoms with van der Waals surface area (Å²) in [6, 6.07) is 10.3. The summed E-state index contributed by atoms with van der Waals surface area (Å²) in [5, 5.41) is 0.491. The molecule has 0 fully saturated rings. The highest BCUT2D eigenvalue weighted by Crippen LogP contribution is 2.17. The zero-order valence-corrected chi connectivity index (χ0v) is 11.0. The molecule has 0 heterocycles. The Morgan fingerprint density at radius 3 is 2.37 bits per heavy atom. The number of benzene rings is 2. The lowest BCUT2D eigenvalue weighted by atomic mass is 9.99. The zero-order chi connectivity index (χ0) is 13.8. The largest absolute Gasteiger partial charge is 0.327 e. The summed E-state index contributed by atoms with van der Waals surface area (Å²) in [5.41, 5.74) is 7.42. The van der Waals surface area contributed by atoms with Crippen molar-refractivity contribution in [1.29, 1.82) is 0 Å². The van der Waals surface area contributed by atoms with Crippen LogP contribution in [-0.4, -0.2) is 6.04 Å². The second kappa shape index (κ2) is 6.13. The molecule has 2 aromatic carbocycles. The molecular weight excluding hydrogens is 268 g/mol. The Morgan fingerprint density at radius 1 is 1.00 bits per heavy atom. The summed E-state index contributed by atoms with van der Waals surface area (Å²) >= 11 is 5.83. The monoisotopic (exact) mass is 281 g/mol. The van der Waals surface area contributed by atoms with Gasteiger partial charge in [0.15, 0.2) is 0 Å². The Hall–Kier alpha value is -1.45. The molecule has 0 aliphatic rings. The van der Waals surface area contributed by atoms with Gasteiger partial charge >= 0.3 is 0 Å². The van der Waals surface area contributed by atoms with Gasteiger partial charge in [-0.15, -0.1) is 0 Å². The quantitative estimate of drug-likeness (QED) is 0.908. The highest BCUT2D eigenvalue weighted by molar-refractivity contribution is 6.30. The first-order valence-corrected chi connectivity index (χ1v) is 6.36. The molecule has 4 heteroatoms. The Balaban J connectivity index is 2.02. The van der Waals surface area contributed by atoms with Gasteiger partial charge in [0.1, 0.15) is 11.6 Å². The topological polar surface area (TPSA) is 26.0 Å². The van der Waals surface area contributed by atoms with Crippen molar-refractivity contribution in [3.63, 3.8) is 0 Å². The first kappa shape index (κ1) is 14.0. The van der Waals surface area contributed by atoms with Gasteiger partial charge in [0, 0.05) is 11.1 Å². The summed E-state index contributed by atoms with van der Waals surface area (Å²) in [7, 11) is 0. The average Bonchev–Trinajstić information content (AvgIpc) is 2.37.